The molecule has 0 bridgehead atoms. The normalized spacial score (nSPS) is 17.1. The van der Waals surface area contributed by atoms with Gasteiger partial charge in [-0.05, 0) is 63.0 Å². The van der Waals surface area contributed by atoms with Gasteiger partial charge in [0.05, 0.1) is 28.5 Å². The summed E-state index contributed by atoms with van der Waals surface area (Å²) in [6.07, 6.45) is -1.15. The van der Waals surface area contributed by atoms with Crippen LogP contribution in [0.4, 0.5) is 11.4 Å². The van der Waals surface area contributed by atoms with E-state index in [9.17, 15) is 19.7 Å². The van der Waals surface area contributed by atoms with Crippen molar-refractivity contribution >= 4 is 35.0 Å². The molecule has 9 nitrogen and oxygen atoms in total. The van der Waals surface area contributed by atoms with Gasteiger partial charge < -0.3 is 19.3 Å². The molecule has 2 unspecified atom stereocenters. The first-order chi connectivity index (χ1) is 18.2. The van der Waals surface area contributed by atoms with E-state index in [1.54, 1.807) is 31.1 Å². The van der Waals surface area contributed by atoms with Crippen LogP contribution in [-0.4, -0.2) is 62.1 Å². The summed E-state index contributed by atoms with van der Waals surface area (Å²) in [5, 5.41) is 10.7. The fourth-order valence-corrected chi connectivity index (χ4v) is 5.55. The number of methoxy groups -OCH3 is 1. The second kappa shape index (κ2) is 11.7. The molecular weight excluding hydrogens is 506 g/mol. The average molecular weight is 536 g/mol. The number of likely N-dealkylation sites (N-methyl/N-ethyl adjacent to an activating group) is 1. The molecule has 1 aliphatic heterocycles. The molecule has 0 spiro atoms. The van der Waals surface area contributed by atoms with Crippen LogP contribution < -0.4 is 9.64 Å². The van der Waals surface area contributed by atoms with Gasteiger partial charge in [-0.1, -0.05) is 24.3 Å². The van der Waals surface area contributed by atoms with Gasteiger partial charge in [-0.25, -0.2) is 4.79 Å². The van der Waals surface area contributed by atoms with Gasteiger partial charge in [-0.2, -0.15) is 0 Å². The number of anilines is 1. The molecule has 0 fully saturated rings. The third kappa shape index (κ3) is 5.81. The van der Waals surface area contributed by atoms with E-state index in [1.165, 1.54) is 30.0 Å². The number of carbonyl (C=O) groups excluding carboxylic acids is 2. The molecule has 0 saturated carbocycles. The lowest BCUT2D eigenvalue weighted by Crippen LogP contribution is -2.45. The quantitative estimate of drug-likeness (QED) is 0.229. The van der Waals surface area contributed by atoms with E-state index in [0.29, 0.717) is 24.4 Å². The molecule has 0 radical (unpaired) electrons. The second-order valence-electron chi connectivity index (χ2n) is 9.16. The van der Waals surface area contributed by atoms with Crippen molar-refractivity contribution in [2.45, 2.75) is 23.2 Å². The fraction of sp³-hybridized carbons (Fsp3) is 0.286. The number of nitrogens with zero attached hydrogens (tertiary/aromatic N) is 3. The largest absolute Gasteiger partial charge is 0.497 e. The second-order valence-corrected chi connectivity index (χ2v) is 10.3. The molecule has 1 amide bonds. The van der Waals surface area contributed by atoms with Crippen molar-refractivity contribution in [1.29, 1.82) is 0 Å². The molecule has 3 aromatic rings. The van der Waals surface area contributed by atoms with Gasteiger partial charge in [0.25, 0.3) is 11.6 Å². The maximum absolute atomic E-state index is 14.1. The number of esters is 1. The van der Waals surface area contributed by atoms with Gasteiger partial charge in [0.1, 0.15) is 5.75 Å². The number of benzene rings is 3. The SMILES string of the molecule is COc1ccc(C2Sc3ccccc3N(CCN(C)C)C(=O)C2OC(=O)c2ccc([N+](=O)[O-])c(C)c2)cc1. The molecule has 4 rings (SSSR count). The molecule has 3 aromatic carbocycles. The van der Waals surface area contributed by atoms with Crippen LogP contribution in [0.5, 0.6) is 5.75 Å². The van der Waals surface area contributed by atoms with E-state index < -0.39 is 22.2 Å². The van der Waals surface area contributed by atoms with E-state index in [-0.39, 0.29) is 17.2 Å². The van der Waals surface area contributed by atoms with Crippen LogP contribution in [-0.2, 0) is 9.53 Å². The molecule has 2 atom stereocenters. The topological polar surface area (TPSA) is 102 Å². The highest BCUT2D eigenvalue weighted by Gasteiger charge is 2.41. The molecule has 0 aromatic heterocycles. The van der Waals surface area contributed by atoms with Crippen molar-refractivity contribution < 1.29 is 24.0 Å². The van der Waals surface area contributed by atoms with Gasteiger partial charge >= 0.3 is 5.97 Å². The van der Waals surface area contributed by atoms with E-state index in [0.717, 1.165) is 16.1 Å². The first-order valence-corrected chi connectivity index (χ1v) is 12.9. The van der Waals surface area contributed by atoms with Crippen molar-refractivity contribution in [2.75, 3.05) is 39.2 Å². The van der Waals surface area contributed by atoms with Gasteiger partial charge in [0, 0.05) is 29.6 Å². The number of carbonyl (C=O) groups is 2. The summed E-state index contributed by atoms with van der Waals surface area (Å²) < 4.78 is 11.2. The number of nitro benzene ring substituents is 1. The Hall–Kier alpha value is -3.89. The molecule has 10 heteroatoms. The Balaban J connectivity index is 1.76. The molecule has 0 saturated heterocycles. The lowest BCUT2D eigenvalue weighted by Gasteiger charge is -2.28. The lowest BCUT2D eigenvalue weighted by atomic mass is 10.0. The number of ether oxygens (including phenoxy) is 2. The van der Waals surface area contributed by atoms with Gasteiger partial charge in [0.15, 0.2) is 6.10 Å². The van der Waals surface area contributed by atoms with E-state index >= 15 is 0 Å². The summed E-state index contributed by atoms with van der Waals surface area (Å²) in [6.45, 7) is 2.57. The van der Waals surface area contributed by atoms with E-state index in [4.69, 9.17) is 9.47 Å². The summed E-state index contributed by atoms with van der Waals surface area (Å²) in [5.74, 6) is -0.391. The molecule has 0 aliphatic carbocycles. The van der Waals surface area contributed by atoms with Crippen LogP contribution in [0.15, 0.2) is 71.6 Å². The molecule has 1 aliphatic rings. The summed E-state index contributed by atoms with van der Waals surface area (Å²) in [4.78, 5) is 42.7. The zero-order valence-electron chi connectivity index (χ0n) is 21.6. The summed E-state index contributed by atoms with van der Waals surface area (Å²) >= 11 is 1.46. The number of para-hydroxylation sites is 1. The Bertz CT molecular complexity index is 1340. The Morgan fingerprint density at radius 2 is 1.82 bits per heavy atom. The minimum atomic E-state index is -1.15. The maximum Gasteiger partial charge on any atom is 0.338 e. The highest BCUT2D eigenvalue weighted by atomic mass is 32.2. The first kappa shape index (κ1) is 27.2. The highest BCUT2D eigenvalue weighted by molar-refractivity contribution is 7.99. The third-order valence-electron chi connectivity index (χ3n) is 6.27. The van der Waals surface area contributed by atoms with Gasteiger partial charge in [-0.15, -0.1) is 11.8 Å². The van der Waals surface area contributed by atoms with Gasteiger partial charge in [-0.3, -0.25) is 14.9 Å². The predicted molar refractivity (Wildman–Crippen MR) is 146 cm³/mol. The lowest BCUT2D eigenvalue weighted by molar-refractivity contribution is -0.385. The van der Waals surface area contributed by atoms with E-state index in [1.807, 2.05) is 55.4 Å². The molecule has 38 heavy (non-hydrogen) atoms. The smallest absolute Gasteiger partial charge is 0.338 e. The number of fused-ring (bicyclic) bond motifs is 1. The minimum absolute atomic E-state index is 0.0935. The van der Waals surface area contributed by atoms with Crippen LogP contribution in [0.3, 0.4) is 0 Å². The zero-order valence-corrected chi connectivity index (χ0v) is 22.4. The number of aryl methyl sites for hydroxylation is 1. The number of rotatable bonds is 8. The van der Waals surface area contributed by atoms with Gasteiger partial charge in [0.2, 0.25) is 0 Å². The first-order valence-electron chi connectivity index (χ1n) is 12.0. The highest BCUT2D eigenvalue weighted by Crippen LogP contribution is 2.47. The molecular formula is C28H29N3O6S. The van der Waals surface area contributed by atoms with Crippen LogP contribution in [0, 0.1) is 17.0 Å². The monoisotopic (exact) mass is 535 g/mol. The zero-order chi connectivity index (χ0) is 27.4. The fourth-order valence-electron chi connectivity index (χ4n) is 4.23. The Kier molecular flexibility index (Phi) is 8.33. The minimum Gasteiger partial charge on any atom is -0.497 e. The van der Waals surface area contributed by atoms with Crippen molar-refractivity contribution in [3.05, 3.63) is 93.5 Å². The third-order valence-corrected chi connectivity index (χ3v) is 7.65. The van der Waals surface area contributed by atoms with Crippen LogP contribution >= 0.6 is 11.8 Å². The van der Waals surface area contributed by atoms with Crippen LogP contribution in [0.1, 0.15) is 26.7 Å². The molecule has 198 valence electrons. The number of nitro groups is 1. The van der Waals surface area contributed by atoms with E-state index in [2.05, 4.69) is 0 Å². The van der Waals surface area contributed by atoms with Crippen molar-refractivity contribution in [2.24, 2.45) is 0 Å². The number of thioether (sulfide) groups is 1. The average Bonchev–Trinajstić information content (AvgIpc) is 3.01. The molecule has 0 N–H and O–H groups in total. The Labute approximate surface area is 225 Å². The van der Waals surface area contributed by atoms with Crippen molar-refractivity contribution in [3.8, 4) is 5.75 Å². The van der Waals surface area contributed by atoms with Crippen molar-refractivity contribution in [3.63, 3.8) is 0 Å². The Morgan fingerprint density at radius 3 is 2.45 bits per heavy atom. The summed E-state index contributed by atoms with van der Waals surface area (Å²) in [7, 11) is 5.43. The van der Waals surface area contributed by atoms with Crippen molar-refractivity contribution in [1.82, 2.24) is 4.90 Å². The summed E-state index contributed by atoms with van der Waals surface area (Å²) in [6, 6.07) is 19.0. The molecule has 1 heterocycles. The summed E-state index contributed by atoms with van der Waals surface area (Å²) in [5.41, 5.74) is 1.93. The maximum atomic E-state index is 14.1. The predicted octanol–water partition coefficient (Wildman–Crippen LogP) is 4.88. The number of hydrogen-bond acceptors (Lipinski definition) is 8. The van der Waals surface area contributed by atoms with Crippen LogP contribution in [0.25, 0.3) is 0 Å². The number of amides is 1. The Morgan fingerprint density at radius 1 is 1.11 bits per heavy atom. The van der Waals surface area contributed by atoms with Crippen LogP contribution in [0.2, 0.25) is 0 Å². The number of hydrogen-bond donors (Lipinski definition) is 0. The standard InChI is InChI=1S/C28H29N3O6S/c1-18-17-20(11-14-22(18)31(34)35)28(33)37-25-26(19-9-12-21(36-4)13-10-19)38-24-8-6-5-7-23(24)30(27(25)32)16-15-29(2)3/h5-14,17,25-26H,15-16H2,1-4H3.